The average Bonchev–Trinajstić information content (AvgIpc) is 3.26. The van der Waals surface area contributed by atoms with Crippen LogP contribution in [0.3, 0.4) is 0 Å². The smallest absolute Gasteiger partial charge is 0.339 e. The van der Waals surface area contributed by atoms with Gasteiger partial charge in [-0.2, -0.15) is 8.42 Å². The van der Waals surface area contributed by atoms with Crippen LogP contribution in [0.15, 0.2) is 82.5 Å². The lowest BCUT2D eigenvalue weighted by Crippen LogP contribution is -2.22. The third-order valence-electron chi connectivity index (χ3n) is 4.65. The number of rotatable bonds is 4. The maximum atomic E-state index is 13.0. The Hall–Kier alpha value is -3.20. The van der Waals surface area contributed by atoms with Gasteiger partial charge < -0.3 is 4.18 Å². The van der Waals surface area contributed by atoms with Gasteiger partial charge in [-0.25, -0.2) is 9.38 Å². The molecule has 0 amide bonds. The zero-order valence-corrected chi connectivity index (χ0v) is 18.1. The van der Waals surface area contributed by atoms with Gasteiger partial charge in [-0.05, 0) is 48.5 Å². The Morgan fingerprint density at radius 2 is 1.68 bits per heavy atom. The molecule has 0 radical (unpaired) electrons. The zero-order valence-electron chi connectivity index (χ0n) is 15.7. The van der Waals surface area contributed by atoms with Crippen molar-refractivity contribution in [3.8, 4) is 5.75 Å². The van der Waals surface area contributed by atoms with Crippen LogP contribution in [0.25, 0.3) is 22.1 Å². The molecule has 0 N–H and O–H groups in total. The number of hydrogen-bond acceptors (Lipinski definition) is 6. The van der Waals surface area contributed by atoms with Crippen LogP contribution >= 0.6 is 22.9 Å². The number of hydrogen-bond donors (Lipinski definition) is 0. The summed E-state index contributed by atoms with van der Waals surface area (Å²) in [5.41, 5.74) is 1.72. The number of fused-ring (bicyclic) bond motifs is 3. The van der Waals surface area contributed by atoms with Crippen molar-refractivity contribution in [2.24, 2.45) is 0 Å². The van der Waals surface area contributed by atoms with Crippen molar-refractivity contribution in [2.75, 3.05) is 0 Å². The van der Waals surface area contributed by atoms with Crippen LogP contribution < -0.4 is 14.3 Å². The SMILES string of the molecule is O=c1/c(=C/c2ccccc2OS(=O)(=O)c2ccc(Cl)cc2)sc2nc3ccccc3n12. The first-order valence-electron chi connectivity index (χ1n) is 9.13. The lowest BCUT2D eigenvalue weighted by Gasteiger charge is -2.09. The molecule has 0 saturated heterocycles. The molecule has 6 nitrogen and oxygen atoms in total. The summed E-state index contributed by atoms with van der Waals surface area (Å²) in [6, 6.07) is 19.7. The molecule has 2 aromatic heterocycles. The lowest BCUT2D eigenvalue weighted by atomic mass is 10.2. The molecule has 0 bridgehead atoms. The molecule has 0 aliphatic rings. The summed E-state index contributed by atoms with van der Waals surface area (Å²) in [4.78, 5) is 18.0. The Morgan fingerprint density at radius 3 is 2.48 bits per heavy atom. The van der Waals surface area contributed by atoms with Crippen molar-refractivity contribution in [1.29, 1.82) is 0 Å². The molecule has 0 aliphatic heterocycles. The van der Waals surface area contributed by atoms with E-state index >= 15 is 0 Å². The molecular weight excluding hydrogens is 456 g/mol. The molecule has 3 aromatic carbocycles. The van der Waals surface area contributed by atoms with Crippen molar-refractivity contribution < 1.29 is 12.6 Å². The van der Waals surface area contributed by atoms with E-state index in [1.807, 2.05) is 24.3 Å². The van der Waals surface area contributed by atoms with Crippen molar-refractivity contribution in [2.45, 2.75) is 4.90 Å². The highest BCUT2D eigenvalue weighted by molar-refractivity contribution is 7.87. The second-order valence-electron chi connectivity index (χ2n) is 6.66. The third-order valence-corrected chi connectivity index (χ3v) is 7.12. The minimum Gasteiger partial charge on any atom is -0.378 e. The van der Waals surface area contributed by atoms with Crippen LogP contribution in [-0.2, 0) is 10.1 Å². The first kappa shape index (κ1) is 19.7. The summed E-state index contributed by atoms with van der Waals surface area (Å²) in [5, 5.41) is 0.422. The van der Waals surface area contributed by atoms with Gasteiger partial charge in [0.1, 0.15) is 10.6 Å². The number of thiazole rings is 1. The van der Waals surface area contributed by atoms with Gasteiger partial charge in [0.05, 0.1) is 15.6 Å². The van der Waals surface area contributed by atoms with E-state index in [-0.39, 0.29) is 16.2 Å². The number of halogens is 1. The fourth-order valence-corrected chi connectivity index (χ4v) is 5.25. The Bertz CT molecular complexity index is 1660. The third kappa shape index (κ3) is 3.59. The number of benzene rings is 3. The minimum atomic E-state index is -4.07. The monoisotopic (exact) mass is 468 g/mol. The molecule has 31 heavy (non-hydrogen) atoms. The highest BCUT2D eigenvalue weighted by Crippen LogP contribution is 2.24. The van der Waals surface area contributed by atoms with Crippen LogP contribution in [0.1, 0.15) is 5.56 Å². The van der Waals surface area contributed by atoms with E-state index in [0.29, 0.717) is 20.1 Å². The van der Waals surface area contributed by atoms with Gasteiger partial charge in [-0.3, -0.25) is 4.79 Å². The highest BCUT2D eigenvalue weighted by Gasteiger charge is 2.18. The van der Waals surface area contributed by atoms with E-state index in [1.54, 1.807) is 28.7 Å². The van der Waals surface area contributed by atoms with Crippen molar-refractivity contribution >= 4 is 55.1 Å². The molecule has 0 fully saturated rings. The van der Waals surface area contributed by atoms with Crippen LogP contribution in [-0.4, -0.2) is 17.8 Å². The van der Waals surface area contributed by atoms with Gasteiger partial charge in [0.25, 0.3) is 5.56 Å². The second-order valence-corrected chi connectivity index (χ2v) is 9.66. The van der Waals surface area contributed by atoms with Crippen molar-refractivity contribution in [3.63, 3.8) is 0 Å². The molecule has 5 rings (SSSR count). The maximum Gasteiger partial charge on any atom is 0.339 e. The number of imidazole rings is 1. The fourth-order valence-electron chi connectivity index (χ4n) is 3.20. The summed E-state index contributed by atoms with van der Waals surface area (Å²) >= 11 is 7.07. The molecule has 0 atom stereocenters. The zero-order chi connectivity index (χ0) is 21.6. The van der Waals surface area contributed by atoms with E-state index in [1.165, 1.54) is 41.7 Å². The molecule has 9 heteroatoms. The number of para-hydroxylation sites is 3. The normalized spacial score (nSPS) is 12.6. The van der Waals surface area contributed by atoms with E-state index in [4.69, 9.17) is 15.8 Å². The van der Waals surface area contributed by atoms with Gasteiger partial charge in [0.15, 0.2) is 4.96 Å². The van der Waals surface area contributed by atoms with Crippen molar-refractivity contribution in [1.82, 2.24) is 9.38 Å². The van der Waals surface area contributed by atoms with Gasteiger partial charge in [0.2, 0.25) is 0 Å². The molecule has 5 aromatic rings. The molecule has 0 spiro atoms. The number of nitrogens with zero attached hydrogens (tertiary/aromatic N) is 2. The predicted octanol–water partition coefficient (Wildman–Crippen LogP) is 3.88. The summed E-state index contributed by atoms with van der Waals surface area (Å²) in [5.74, 6) is 0.118. The van der Waals surface area contributed by atoms with Gasteiger partial charge >= 0.3 is 10.1 Å². The first-order valence-corrected chi connectivity index (χ1v) is 11.7. The molecule has 154 valence electrons. The predicted molar refractivity (Wildman–Crippen MR) is 121 cm³/mol. The standard InChI is InChI=1S/C22H13ClN2O4S2/c23-15-9-11-16(12-10-15)31(27,28)29-19-8-4-1-5-14(19)13-20-21(26)25-18-7-3-2-6-17(18)24-22(25)30-20/h1-13H/b20-13-. The molecular formula is C22H13ClN2O4S2. The highest BCUT2D eigenvalue weighted by atomic mass is 35.5. The van der Waals surface area contributed by atoms with Crippen molar-refractivity contribution in [3.05, 3.63) is 98.3 Å². The first-order chi connectivity index (χ1) is 14.9. The summed E-state index contributed by atoms with van der Waals surface area (Å²) < 4.78 is 32.7. The second kappa shape index (κ2) is 7.49. The van der Waals surface area contributed by atoms with Gasteiger partial charge in [-0.15, -0.1) is 0 Å². The summed E-state index contributed by atoms with van der Waals surface area (Å²) in [6.45, 7) is 0. The largest absolute Gasteiger partial charge is 0.378 e. The minimum absolute atomic E-state index is 0.0164. The Balaban J connectivity index is 1.60. The number of aromatic nitrogens is 2. The fraction of sp³-hybridized carbons (Fsp3) is 0. The summed E-state index contributed by atoms with van der Waals surface area (Å²) in [7, 11) is -4.07. The van der Waals surface area contributed by atoms with E-state index in [0.717, 1.165) is 11.0 Å². The summed E-state index contributed by atoms with van der Waals surface area (Å²) in [6.07, 6.45) is 1.61. The van der Waals surface area contributed by atoms with Gasteiger partial charge in [0, 0.05) is 10.6 Å². The van der Waals surface area contributed by atoms with Crippen LogP contribution in [0.4, 0.5) is 0 Å². The molecule has 0 aliphatic carbocycles. The quantitative estimate of drug-likeness (QED) is 0.374. The topological polar surface area (TPSA) is 77.7 Å². The Morgan fingerprint density at radius 1 is 0.968 bits per heavy atom. The molecule has 2 heterocycles. The molecule has 0 unspecified atom stereocenters. The van der Waals surface area contributed by atoms with Crippen LogP contribution in [0.2, 0.25) is 5.02 Å². The Kier molecular flexibility index (Phi) is 4.77. The Labute approximate surface area is 185 Å². The van der Waals surface area contributed by atoms with E-state index in [2.05, 4.69) is 4.98 Å². The lowest BCUT2D eigenvalue weighted by molar-refractivity contribution is 0.485. The molecule has 0 saturated carbocycles. The van der Waals surface area contributed by atoms with Crippen LogP contribution in [0, 0.1) is 0 Å². The van der Waals surface area contributed by atoms with E-state index < -0.39 is 10.1 Å². The average molecular weight is 469 g/mol. The van der Waals surface area contributed by atoms with Crippen LogP contribution in [0.5, 0.6) is 5.75 Å². The van der Waals surface area contributed by atoms with Gasteiger partial charge in [-0.1, -0.05) is 53.3 Å². The maximum absolute atomic E-state index is 13.0. The van der Waals surface area contributed by atoms with E-state index in [9.17, 15) is 13.2 Å².